The van der Waals surface area contributed by atoms with Gasteiger partial charge in [0.2, 0.25) is 0 Å². The largest absolute Gasteiger partial charge is 0.379 e. The first-order chi connectivity index (χ1) is 12.3. The minimum atomic E-state index is -0.165. The standard InChI is InChI=1S/C18H27N3O3S/c22-17(20-6-7-21-8-11-23-12-9-21)16-13-14-15(25-16)1-10-24-18(14)2-4-19-5-3-18/h13,19H,1-12H2,(H,20,22). The number of fused-ring (bicyclic) bond motifs is 2. The van der Waals surface area contributed by atoms with Crippen LogP contribution < -0.4 is 10.6 Å². The number of nitrogens with one attached hydrogen (secondary N) is 2. The van der Waals surface area contributed by atoms with Gasteiger partial charge in [-0.15, -0.1) is 11.3 Å². The molecule has 7 heteroatoms. The summed E-state index contributed by atoms with van der Waals surface area (Å²) in [6.45, 7) is 7.81. The van der Waals surface area contributed by atoms with Gasteiger partial charge in [0.1, 0.15) is 0 Å². The summed E-state index contributed by atoms with van der Waals surface area (Å²) < 4.78 is 11.6. The van der Waals surface area contributed by atoms with E-state index in [0.29, 0.717) is 6.54 Å². The number of rotatable bonds is 4. The lowest BCUT2D eigenvalue weighted by atomic mass is 9.83. The van der Waals surface area contributed by atoms with Crippen LogP contribution in [0.4, 0.5) is 0 Å². The summed E-state index contributed by atoms with van der Waals surface area (Å²) in [4.78, 5) is 17.1. The molecular formula is C18H27N3O3S. The smallest absolute Gasteiger partial charge is 0.261 e. The first kappa shape index (κ1) is 17.4. The quantitative estimate of drug-likeness (QED) is 0.832. The van der Waals surface area contributed by atoms with Gasteiger partial charge in [-0.25, -0.2) is 0 Å². The van der Waals surface area contributed by atoms with Gasteiger partial charge < -0.3 is 20.1 Å². The van der Waals surface area contributed by atoms with Gasteiger partial charge in [-0.1, -0.05) is 0 Å². The third-order valence-electron chi connectivity index (χ3n) is 5.46. The number of ether oxygens (including phenoxy) is 2. The van der Waals surface area contributed by atoms with Gasteiger partial charge in [0.25, 0.3) is 5.91 Å². The van der Waals surface area contributed by atoms with Crippen molar-refractivity contribution in [2.24, 2.45) is 0 Å². The van der Waals surface area contributed by atoms with Gasteiger partial charge in [-0.3, -0.25) is 9.69 Å². The summed E-state index contributed by atoms with van der Waals surface area (Å²) in [6, 6.07) is 2.09. The predicted molar refractivity (Wildman–Crippen MR) is 97.3 cm³/mol. The molecule has 0 aromatic carbocycles. The third-order valence-corrected chi connectivity index (χ3v) is 6.65. The maximum absolute atomic E-state index is 12.6. The molecule has 3 aliphatic rings. The SMILES string of the molecule is O=C(NCCN1CCOCC1)c1cc2c(s1)CCOC21CCNCC1. The minimum absolute atomic E-state index is 0.0525. The van der Waals surface area contributed by atoms with E-state index in [1.165, 1.54) is 10.4 Å². The molecule has 0 aliphatic carbocycles. The van der Waals surface area contributed by atoms with Gasteiger partial charge in [-0.05, 0) is 37.6 Å². The van der Waals surface area contributed by atoms with Crippen molar-refractivity contribution < 1.29 is 14.3 Å². The van der Waals surface area contributed by atoms with Crippen LogP contribution in [0.2, 0.25) is 0 Å². The summed E-state index contributed by atoms with van der Waals surface area (Å²) in [5.41, 5.74) is 1.10. The van der Waals surface area contributed by atoms with Crippen LogP contribution in [0.3, 0.4) is 0 Å². The van der Waals surface area contributed by atoms with E-state index < -0.39 is 0 Å². The molecule has 0 saturated carbocycles. The number of hydrogen-bond donors (Lipinski definition) is 2. The highest BCUT2D eigenvalue weighted by atomic mass is 32.1. The molecule has 0 unspecified atom stereocenters. The average molecular weight is 365 g/mol. The number of nitrogens with zero attached hydrogens (tertiary/aromatic N) is 1. The Morgan fingerprint density at radius 3 is 2.88 bits per heavy atom. The van der Waals surface area contributed by atoms with Crippen LogP contribution in [0.5, 0.6) is 0 Å². The monoisotopic (exact) mass is 365 g/mol. The number of amides is 1. The molecule has 2 N–H and O–H groups in total. The summed E-state index contributed by atoms with van der Waals surface area (Å²) in [5.74, 6) is 0.0525. The highest BCUT2D eigenvalue weighted by Gasteiger charge is 2.40. The molecule has 6 nitrogen and oxygen atoms in total. The molecule has 2 saturated heterocycles. The Hall–Kier alpha value is -0.990. The van der Waals surface area contributed by atoms with Crippen LogP contribution in [-0.2, 0) is 21.5 Å². The van der Waals surface area contributed by atoms with Crippen molar-refractivity contribution in [3.05, 3.63) is 21.4 Å². The Kier molecular flexibility index (Phi) is 5.38. The normalized spacial score (nSPS) is 23.4. The molecule has 0 atom stereocenters. The molecule has 1 aromatic rings. The van der Waals surface area contributed by atoms with E-state index in [-0.39, 0.29) is 11.5 Å². The molecule has 1 spiro atoms. The van der Waals surface area contributed by atoms with E-state index in [2.05, 4.69) is 21.6 Å². The lowest BCUT2D eigenvalue weighted by Crippen LogP contribution is -2.44. The van der Waals surface area contributed by atoms with Crippen LogP contribution in [0.25, 0.3) is 0 Å². The van der Waals surface area contributed by atoms with Gasteiger partial charge in [0.15, 0.2) is 0 Å². The number of piperidine rings is 1. The zero-order valence-corrected chi connectivity index (χ0v) is 15.5. The molecule has 4 heterocycles. The van der Waals surface area contributed by atoms with Gasteiger partial charge in [0.05, 0.1) is 30.3 Å². The summed E-state index contributed by atoms with van der Waals surface area (Å²) >= 11 is 1.65. The van der Waals surface area contributed by atoms with Crippen LogP contribution in [0.15, 0.2) is 6.07 Å². The molecule has 4 rings (SSSR count). The Morgan fingerprint density at radius 2 is 2.08 bits per heavy atom. The van der Waals surface area contributed by atoms with Gasteiger partial charge in [-0.2, -0.15) is 0 Å². The van der Waals surface area contributed by atoms with Crippen LogP contribution in [0, 0.1) is 0 Å². The lowest BCUT2D eigenvalue weighted by Gasteiger charge is -2.40. The molecule has 1 aromatic heterocycles. The molecule has 0 radical (unpaired) electrons. The molecule has 0 bridgehead atoms. The summed E-state index contributed by atoms with van der Waals surface area (Å²) in [7, 11) is 0. The van der Waals surface area contributed by atoms with Crippen LogP contribution in [0.1, 0.15) is 33.0 Å². The number of carbonyl (C=O) groups is 1. The topological polar surface area (TPSA) is 62.8 Å². The fourth-order valence-corrected chi connectivity index (χ4v) is 5.16. The van der Waals surface area contributed by atoms with Crippen molar-refractivity contribution in [1.82, 2.24) is 15.5 Å². The van der Waals surface area contributed by atoms with Crippen molar-refractivity contribution in [2.75, 3.05) is 59.1 Å². The van der Waals surface area contributed by atoms with Crippen molar-refractivity contribution in [2.45, 2.75) is 24.9 Å². The fourth-order valence-electron chi connectivity index (χ4n) is 4.01. The van der Waals surface area contributed by atoms with E-state index in [1.54, 1.807) is 11.3 Å². The molecule has 25 heavy (non-hydrogen) atoms. The van der Waals surface area contributed by atoms with Gasteiger partial charge >= 0.3 is 0 Å². The number of hydrogen-bond acceptors (Lipinski definition) is 6. The van der Waals surface area contributed by atoms with Crippen molar-refractivity contribution in [1.29, 1.82) is 0 Å². The summed E-state index contributed by atoms with van der Waals surface area (Å²) in [5, 5.41) is 6.49. The Bertz CT molecular complexity index is 607. The highest BCUT2D eigenvalue weighted by Crippen LogP contribution is 2.43. The van der Waals surface area contributed by atoms with Gasteiger partial charge in [0, 0.05) is 37.5 Å². The zero-order valence-electron chi connectivity index (χ0n) is 14.6. The van der Waals surface area contributed by atoms with Crippen LogP contribution >= 0.6 is 11.3 Å². The first-order valence-corrected chi connectivity index (χ1v) is 10.1. The number of thiophene rings is 1. The molecule has 138 valence electrons. The van der Waals surface area contributed by atoms with E-state index >= 15 is 0 Å². The molecule has 1 amide bonds. The lowest BCUT2D eigenvalue weighted by molar-refractivity contribution is -0.0792. The second-order valence-corrected chi connectivity index (χ2v) is 8.14. The Balaban J connectivity index is 1.38. The van der Waals surface area contributed by atoms with E-state index in [9.17, 15) is 4.79 Å². The second kappa shape index (κ2) is 7.72. The highest BCUT2D eigenvalue weighted by molar-refractivity contribution is 7.14. The van der Waals surface area contributed by atoms with E-state index in [0.717, 1.165) is 76.7 Å². The maximum atomic E-state index is 12.6. The third kappa shape index (κ3) is 3.75. The average Bonchev–Trinajstić information content (AvgIpc) is 3.10. The molecule has 2 fully saturated rings. The fraction of sp³-hybridized carbons (Fsp3) is 0.722. The van der Waals surface area contributed by atoms with Crippen molar-refractivity contribution >= 4 is 17.2 Å². The Labute approximate surface area is 152 Å². The number of morpholine rings is 1. The zero-order chi connectivity index (χ0) is 17.1. The minimum Gasteiger partial charge on any atom is -0.379 e. The van der Waals surface area contributed by atoms with Crippen LogP contribution in [-0.4, -0.2) is 69.9 Å². The van der Waals surface area contributed by atoms with E-state index in [4.69, 9.17) is 9.47 Å². The van der Waals surface area contributed by atoms with E-state index in [1.807, 2.05) is 0 Å². The predicted octanol–water partition coefficient (Wildman–Crippen LogP) is 0.962. The summed E-state index contributed by atoms with van der Waals surface area (Å²) in [6.07, 6.45) is 2.92. The first-order valence-electron chi connectivity index (χ1n) is 9.33. The molecule has 3 aliphatic heterocycles. The van der Waals surface area contributed by atoms with Crippen molar-refractivity contribution in [3.63, 3.8) is 0 Å². The number of carbonyl (C=O) groups excluding carboxylic acids is 1. The maximum Gasteiger partial charge on any atom is 0.261 e. The molecular weight excluding hydrogens is 338 g/mol. The van der Waals surface area contributed by atoms with Crippen molar-refractivity contribution in [3.8, 4) is 0 Å². The second-order valence-electron chi connectivity index (χ2n) is 7.00. The Morgan fingerprint density at radius 1 is 1.28 bits per heavy atom.